The first kappa shape index (κ1) is 23.7. The van der Waals surface area contributed by atoms with Crippen LogP contribution in [0.2, 0.25) is 0 Å². The Hall–Kier alpha value is -2.45. The van der Waals surface area contributed by atoms with Gasteiger partial charge in [-0.1, -0.05) is 108 Å². The fraction of sp³-hybridized carbons (Fsp3) is 0.452. The minimum absolute atomic E-state index is 0.0331. The molecular weight excluding hydrogens is 402 g/mol. The van der Waals surface area contributed by atoms with Crippen molar-refractivity contribution in [3.63, 3.8) is 0 Å². The van der Waals surface area contributed by atoms with Crippen molar-refractivity contribution in [1.82, 2.24) is 4.98 Å². The fourth-order valence-corrected chi connectivity index (χ4v) is 5.67. The van der Waals surface area contributed by atoms with Crippen LogP contribution < -0.4 is 0 Å². The van der Waals surface area contributed by atoms with E-state index < -0.39 is 0 Å². The molecule has 0 amide bonds. The number of aliphatic hydroxyl groups excluding tert-OH is 1. The smallest absolute Gasteiger partial charge is 0.0702 e. The highest BCUT2D eigenvalue weighted by atomic mass is 16.3. The van der Waals surface area contributed by atoms with Crippen LogP contribution in [0.4, 0.5) is 0 Å². The third kappa shape index (κ3) is 4.92. The maximum absolute atomic E-state index is 9.40. The van der Waals surface area contributed by atoms with Crippen LogP contribution in [0.1, 0.15) is 94.7 Å². The molecule has 1 heterocycles. The summed E-state index contributed by atoms with van der Waals surface area (Å²) in [5.74, 6) is 0. The van der Waals surface area contributed by atoms with E-state index in [1.54, 1.807) is 6.20 Å². The SMILES string of the molecule is CCCCCCC1(CCCCCC)c2ccccc2-c2ccc(-c3ccc(CO)cn3)cc21. The van der Waals surface area contributed by atoms with Crippen LogP contribution in [-0.4, -0.2) is 10.1 Å². The largest absolute Gasteiger partial charge is 0.392 e. The number of rotatable bonds is 12. The third-order valence-corrected chi connectivity index (χ3v) is 7.49. The van der Waals surface area contributed by atoms with E-state index in [-0.39, 0.29) is 12.0 Å². The fourth-order valence-electron chi connectivity index (χ4n) is 5.67. The summed E-state index contributed by atoms with van der Waals surface area (Å²) >= 11 is 0. The van der Waals surface area contributed by atoms with Crippen molar-refractivity contribution >= 4 is 0 Å². The quantitative estimate of drug-likeness (QED) is 0.286. The summed E-state index contributed by atoms with van der Waals surface area (Å²) in [6.45, 7) is 4.62. The Labute approximate surface area is 200 Å². The summed E-state index contributed by atoms with van der Waals surface area (Å²) in [4.78, 5) is 4.66. The Kier molecular flexibility index (Phi) is 7.98. The molecule has 0 atom stereocenters. The van der Waals surface area contributed by atoms with Gasteiger partial charge in [0, 0.05) is 17.2 Å². The summed E-state index contributed by atoms with van der Waals surface area (Å²) in [5, 5.41) is 9.40. The van der Waals surface area contributed by atoms with E-state index in [2.05, 4.69) is 61.3 Å². The first-order chi connectivity index (χ1) is 16.2. The highest BCUT2D eigenvalue weighted by Crippen LogP contribution is 2.54. The number of unbranched alkanes of at least 4 members (excludes halogenated alkanes) is 6. The minimum Gasteiger partial charge on any atom is -0.392 e. The van der Waals surface area contributed by atoms with Gasteiger partial charge in [0.1, 0.15) is 0 Å². The van der Waals surface area contributed by atoms with Gasteiger partial charge in [0.2, 0.25) is 0 Å². The lowest BCUT2D eigenvalue weighted by molar-refractivity contribution is 0.281. The van der Waals surface area contributed by atoms with Crippen LogP contribution >= 0.6 is 0 Å². The van der Waals surface area contributed by atoms with Gasteiger partial charge in [0.15, 0.2) is 0 Å². The van der Waals surface area contributed by atoms with Gasteiger partial charge in [-0.05, 0) is 52.8 Å². The minimum atomic E-state index is 0.0331. The molecule has 0 bridgehead atoms. The zero-order chi connectivity index (χ0) is 23.1. The molecule has 1 aliphatic carbocycles. The lowest BCUT2D eigenvalue weighted by Crippen LogP contribution is -2.25. The van der Waals surface area contributed by atoms with Crippen molar-refractivity contribution in [3.8, 4) is 22.4 Å². The molecule has 4 rings (SSSR count). The van der Waals surface area contributed by atoms with Gasteiger partial charge in [-0.25, -0.2) is 0 Å². The van der Waals surface area contributed by atoms with Crippen molar-refractivity contribution in [2.45, 2.75) is 90.1 Å². The van der Waals surface area contributed by atoms with Crippen molar-refractivity contribution in [3.05, 3.63) is 77.5 Å². The Morgan fingerprint density at radius 2 is 1.42 bits per heavy atom. The molecule has 1 aliphatic rings. The summed E-state index contributed by atoms with van der Waals surface area (Å²) in [5.41, 5.74) is 8.99. The summed E-state index contributed by atoms with van der Waals surface area (Å²) in [6.07, 6.45) is 14.6. The Morgan fingerprint density at radius 3 is 2.06 bits per heavy atom. The lowest BCUT2D eigenvalue weighted by Gasteiger charge is -2.33. The Bertz CT molecular complexity index is 1030. The highest BCUT2D eigenvalue weighted by Gasteiger charge is 2.42. The molecule has 0 spiro atoms. The van der Waals surface area contributed by atoms with Gasteiger partial charge < -0.3 is 5.11 Å². The number of pyridine rings is 1. The van der Waals surface area contributed by atoms with Gasteiger partial charge in [0.05, 0.1) is 12.3 Å². The highest BCUT2D eigenvalue weighted by molar-refractivity contribution is 5.83. The number of aromatic nitrogens is 1. The second-order valence-corrected chi connectivity index (χ2v) is 9.72. The zero-order valence-electron chi connectivity index (χ0n) is 20.4. The van der Waals surface area contributed by atoms with E-state index in [1.165, 1.54) is 92.0 Å². The van der Waals surface area contributed by atoms with Gasteiger partial charge >= 0.3 is 0 Å². The predicted molar refractivity (Wildman–Crippen MR) is 139 cm³/mol. The van der Waals surface area contributed by atoms with E-state index >= 15 is 0 Å². The second kappa shape index (κ2) is 11.1. The van der Waals surface area contributed by atoms with Crippen LogP contribution in [0, 0.1) is 0 Å². The predicted octanol–water partition coefficient (Wildman–Crippen LogP) is 8.45. The number of nitrogens with zero attached hydrogens (tertiary/aromatic N) is 1. The molecule has 3 aromatic rings. The van der Waals surface area contributed by atoms with E-state index in [4.69, 9.17) is 0 Å². The van der Waals surface area contributed by atoms with Crippen molar-refractivity contribution in [1.29, 1.82) is 0 Å². The standard InChI is InChI=1S/C31H39NO/c1-3-5-7-11-19-31(20-12-8-6-4-2)28-14-10-9-13-26(28)27-17-16-25(21-29(27)31)30-18-15-24(23-33)22-32-30/h9-10,13-18,21-22,33H,3-8,11-12,19-20,23H2,1-2H3. The molecule has 33 heavy (non-hydrogen) atoms. The van der Waals surface area contributed by atoms with E-state index in [0.29, 0.717) is 0 Å². The number of aliphatic hydroxyl groups is 1. The Balaban J connectivity index is 1.76. The first-order valence-electron chi connectivity index (χ1n) is 13.0. The Morgan fingerprint density at radius 1 is 0.727 bits per heavy atom. The molecule has 2 aromatic carbocycles. The van der Waals surface area contributed by atoms with E-state index in [9.17, 15) is 5.11 Å². The molecule has 2 heteroatoms. The molecule has 2 nitrogen and oxygen atoms in total. The summed E-state index contributed by atoms with van der Waals surface area (Å²) < 4.78 is 0. The summed E-state index contributed by atoms with van der Waals surface area (Å²) in [6, 6.07) is 20.1. The molecule has 0 saturated heterocycles. The maximum atomic E-state index is 9.40. The molecule has 0 fully saturated rings. The van der Waals surface area contributed by atoms with Crippen molar-refractivity contribution < 1.29 is 5.11 Å². The maximum Gasteiger partial charge on any atom is 0.0702 e. The zero-order valence-corrected chi connectivity index (χ0v) is 20.4. The first-order valence-corrected chi connectivity index (χ1v) is 13.0. The van der Waals surface area contributed by atoms with E-state index in [0.717, 1.165) is 11.3 Å². The molecule has 0 radical (unpaired) electrons. The van der Waals surface area contributed by atoms with Gasteiger partial charge in [-0.2, -0.15) is 0 Å². The van der Waals surface area contributed by atoms with Crippen LogP contribution in [0.3, 0.4) is 0 Å². The molecular formula is C31H39NO. The molecule has 1 aromatic heterocycles. The van der Waals surface area contributed by atoms with Crippen LogP contribution in [0.5, 0.6) is 0 Å². The van der Waals surface area contributed by atoms with Crippen LogP contribution in [0.25, 0.3) is 22.4 Å². The average Bonchev–Trinajstić information content (AvgIpc) is 3.14. The lowest BCUT2D eigenvalue weighted by atomic mass is 9.70. The van der Waals surface area contributed by atoms with Crippen molar-refractivity contribution in [2.75, 3.05) is 0 Å². The van der Waals surface area contributed by atoms with Crippen LogP contribution in [0.15, 0.2) is 60.8 Å². The summed E-state index contributed by atoms with van der Waals surface area (Å²) in [7, 11) is 0. The molecule has 1 N–H and O–H groups in total. The normalized spacial score (nSPS) is 13.7. The monoisotopic (exact) mass is 441 g/mol. The number of hydrogen-bond acceptors (Lipinski definition) is 2. The molecule has 0 saturated carbocycles. The van der Waals surface area contributed by atoms with Crippen molar-refractivity contribution in [2.24, 2.45) is 0 Å². The molecule has 0 unspecified atom stereocenters. The number of fused-ring (bicyclic) bond motifs is 3. The molecule has 174 valence electrons. The second-order valence-electron chi connectivity index (χ2n) is 9.72. The van der Waals surface area contributed by atoms with Gasteiger partial charge in [-0.15, -0.1) is 0 Å². The third-order valence-electron chi connectivity index (χ3n) is 7.49. The molecule has 0 aliphatic heterocycles. The van der Waals surface area contributed by atoms with Gasteiger partial charge in [0.25, 0.3) is 0 Å². The average molecular weight is 442 g/mol. The number of benzene rings is 2. The topological polar surface area (TPSA) is 33.1 Å². The van der Waals surface area contributed by atoms with E-state index in [1.807, 2.05) is 12.1 Å². The van der Waals surface area contributed by atoms with Crippen LogP contribution in [-0.2, 0) is 12.0 Å². The number of hydrogen-bond donors (Lipinski definition) is 1. The van der Waals surface area contributed by atoms with Gasteiger partial charge in [-0.3, -0.25) is 4.98 Å².